The molecule has 9 nitrogen and oxygen atoms in total. The zero-order chi connectivity index (χ0) is 23.7. The average molecular weight is 492 g/mol. The molecule has 1 saturated carbocycles. The van der Waals surface area contributed by atoms with E-state index in [2.05, 4.69) is 5.32 Å². The van der Waals surface area contributed by atoms with Gasteiger partial charge >= 0.3 is 0 Å². The Balaban J connectivity index is 0.000000861. The van der Waals surface area contributed by atoms with E-state index in [0.717, 1.165) is 17.7 Å². The highest BCUT2D eigenvalue weighted by Gasteiger charge is 2.34. The summed E-state index contributed by atoms with van der Waals surface area (Å²) in [6.45, 7) is 1.82. The van der Waals surface area contributed by atoms with Crippen molar-refractivity contribution in [2.24, 2.45) is 17.6 Å². The van der Waals surface area contributed by atoms with Crippen molar-refractivity contribution in [3.63, 3.8) is 0 Å². The molecule has 1 aromatic rings. The number of nitrogens with two attached hydrogens (primary N) is 1. The maximum atomic E-state index is 12.8. The number of rotatable bonds is 7. The third-order valence-corrected chi connectivity index (χ3v) is 7.30. The number of hydrogen-bond donors (Lipinski definition) is 3. The molecule has 3 atom stereocenters. The van der Waals surface area contributed by atoms with Gasteiger partial charge in [-0.2, -0.15) is 13.7 Å². The number of nitrogens with one attached hydrogen (secondary N) is 1. The van der Waals surface area contributed by atoms with E-state index < -0.39 is 20.0 Å². The van der Waals surface area contributed by atoms with E-state index in [1.54, 1.807) is 24.3 Å². The van der Waals surface area contributed by atoms with Gasteiger partial charge < -0.3 is 11.1 Å². The van der Waals surface area contributed by atoms with Gasteiger partial charge in [-0.05, 0) is 49.9 Å². The molecule has 1 aliphatic carbocycles. The van der Waals surface area contributed by atoms with Crippen LogP contribution < -0.4 is 11.1 Å². The predicted molar refractivity (Wildman–Crippen MR) is 120 cm³/mol. The van der Waals surface area contributed by atoms with Crippen LogP contribution >= 0.6 is 11.8 Å². The van der Waals surface area contributed by atoms with E-state index >= 15 is 0 Å². The van der Waals surface area contributed by atoms with Gasteiger partial charge in [-0.15, -0.1) is 11.8 Å². The molecule has 174 valence electrons. The molecule has 0 bridgehead atoms. The number of nitrogens with zero attached hydrogens (tertiary/aromatic N) is 1. The van der Waals surface area contributed by atoms with Crippen LogP contribution in [0.1, 0.15) is 32.6 Å². The zero-order valence-electron chi connectivity index (χ0n) is 17.5. The minimum Gasteiger partial charge on any atom is -0.343 e. The normalized spacial score (nSPS) is 20.0. The fourth-order valence-corrected chi connectivity index (χ4v) is 5.76. The van der Waals surface area contributed by atoms with E-state index in [1.807, 2.05) is 13.0 Å². The quantitative estimate of drug-likeness (QED) is 0.223. The minimum atomic E-state index is -3.67. The lowest BCUT2D eigenvalue weighted by atomic mass is 9.80. The molecule has 0 saturated heterocycles. The van der Waals surface area contributed by atoms with Crippen LogP contribution in [0.25, 0.3) is 0 Å². The monoisotopic (exact) mass is 491 g/mol. The highest BCUT2D eigenvalue weighted by Crippen LogP contribution is 2.33. The van der Waals surface area contributed by atoms with Gasteiger partial charge in [0.2, 0.25) is 5.91 Å². The van der Waals surface area contributed by atoms with Crippen LogP contribution in [-0.2, 0) is 24.7 Å². The molecular weight excluding hydrogens is 462 g/mol. The Morgan fingerprint density at radius 3 is 2.32 bits per heavy atom. The van der Waals surface area contributed by atoms with Crippen LogP contribution in [0.4, 0.5) is 0 Å². The summed E-state index contributed by atoms with van der Waals surface area (Å²) in [5.41, 5.74) is 5.74. The van der Waals surface area contributed by atoms with Crippen molar-refractivity contribution in [1.29, 1.82) is 5.26 Å². The third kappa shape index (κ3) is 11.0. The Kier molecular flexibility index (Phi) is 11.0. The molecule has 0 spiro atoms. The Morgan fingerprint density at radius 1 is 1.26 bits per heavy atom. The first-order valence-corrected chi connectivity index (χ1v) is 14.0. The number of benzene rings is 1. The topological polar surface area (TPSA) is 167 Å². The summed E-state index contributed by atoms with van der Waals surface area (Å²) >= 11 is 1.47. The van der Waals surface area contributed by atoms with Gasteiger partial charge in [0.1, 0.15) is 6.54 Å². The van der Waals surface area contributed by atoms with E-state index in [9.17, 15) is 21.6 Å². The van der Waals surface area contributed by atoms with Gasteiger partial charge in [0, 0.05) is 10.8 Å². The van der Waals surface area contributed by atoms with Gasteiger partial charge in [0.05, 0.1) is 28.3 Å². The lowest BCUT2D eigenvalue weighted by Gasteiger charge is -2.30. The molecule has 1 amide bonds. The maximum absolute atomic E-state index is 12.8. The number of hydrogen-bond acceptors (Lipinski definition) is 8. The molecule has 1 fully saturated rings. The molecule has 0 heterocycles. The second-order valence-electron chi connectivity index (χ2n) is 7.34. The average Bonchev–Trinajstić information content (AvgIpc) is 2.65. The summed E-state index contributed by atoms with van der Waals surface area (Å²) in [7, 11) is -7.14. The lowest BCUT2D eigenvalue weighted by Crippen LogP contribution is -2.39. The number of carbonyl (C=O) groups excluding carboxylic acids is 1. The Labute approximate surface area is 188 Å². The number of nitriles is 1. The summed E-state index contributed by atoms with van der Waals surface area (Å²) in [6, 6.07) is 8.62. The van der Waals surface area contributed by atoms with Gasteiger partial charge in [-0.1, -0.05) is 12.8 Å². The van der Waals surface area contributed by atoms with Crippen molar-refractivity contribution >= 4 is 37.6 Å². The summed E-state index contributed by atoms with van der Waals surface area (Å²) < 4.78 is 51.5. The Bertz CT molecular complexity index is 962. The summed E-state index contributed by atoms with van der Waals surface area (Å²) in [6.07, 6.45) is 3.92. The molecule has 1 aliphatic rings. The fourth-order valence-electron chi connectivity index (χ4n) is 3.33. The largest absolute Gasteiger partial charge is 0.343 e. The van der Waals surface area contributed by atoms with Crippen molar-refractivity contribution in [1.82, 2.24) is 5.32 Å². The minimum absolute atomic E-state index is 0.0442. The second kappa shape index (κ2) is 12.4. The van der Waals surface area contributed by atoms with E-state index in [4.69, 9.17) is 15.5 Å². The summed E-state index contributed by atoms with van der Waals surface area (Å²) in [5.74, 6) is -0.822. The van der Waals surface area contributed by atoms with Crippen molar-refractivity contribution in [2.45, 2.75) is 47.8 Å². The second-order valence-corrected chi connectivity index (χ2v) is 12.3. The summed E-state index contributed by atoms with van der Waals surface area (Å²) in [4.78, 5) is 13.5. The SMILES string of the molecule is CC(N)Sc1ccc(S(=O)(=O)CC2CCCCC2C(=O)NCC#N)cc1.CS(=O)(=O)O. The molecular formula is C19H29N3O6S3. The van der Waals surface area contributed by atoms with E-state index in [0.29, 0.717) is 19.1 Å². The van der Waals surface area contributed by atoms with E-state index in [-0.39, 0.29) is 40.3 Å². The van der Waals surface area contributed by atoms with Gasteiger partial charge in [0.15, 0.2) is 9.84 Å². The van der Waals surface area contributed by atoms with Crippen molar-refractivity contribution < 1.29 is 26.2 Å². The standard InChI is InChI=1S/C18H25N3O3S2.CH4O3S/c1-13(20)25-15-6-8-16(9-7-15)26(23,24)12-14-4-2-3-5-17(14)18(22)21-11-10-19;1-5(2,3)4/h6-9,13-14,17H,2-5,11-12,20H2,1H3,(H,21,22);1H3,(H,2,3,4). The third-order valence-electron chi connectivity index (χ3n) is 4.53. The number of sulfone groups is 1. The molecule has 0 radical (unpaired) electrons. The molecule has 0 aromatic heterocycles. The maximum Gasteiger partial charge on any atom is 0.261 e. The molecule has 31 heavy (non-hydrogen) atoms. The molecule has 4 N–H and O–H groups in total. The highest BCUT2D eigenvalue weighted by molar-refractivity contribution is 7.99. The highest BCUT2D eigenvalue weighted by atomic mass is 32.2. The molecule has 0 aliphatic heterocycles. The van der Waals surface area contributed by atoms with E-state index in [1.165, 1.54) is 11.8 Å². The first kappa shape index (κ1) is 27.4. The van der Waals surface area contributed by atoms with Crippen molar-refractivity contribution in [3.8, 4) is 6.07 Å². The fraction of sp³-hybridized carbons (Fsp3) is 0.579. The number of carbonyl (C=O) groups is 1. The number of thioether (sulfide) groups is 1. The van der Waals surface area contributed by atoms with Crippen LogP contribution in [-0.4, -0.2) is 51.2 Å². The van der Waals surface area contributed by atoms with Gasteiger partial charge in [-0.3, -0.25) is 9.35 Å². The van der Waals surface area contributed by atoms with Crippen LogP contribution in [0.5, 0.6) is 0 Å². The lowest BCUT2D eigenvalue weighted by molar-refractivity contribution is -0.127. The van der Waals surface area contributed by atoms with Crippen LogP contribution in [0.2, 0.25) is 0 Å². The Morgan fingerprint density at radius 2 is 1.81 bits per heavy atom. The molecule has 12 heteroatoms. The molecule has 1 aromatic carbocycles. The van der Waals surface area contributed by atoms with Crippen LogP contribution in [0, 0.1) is 23.2 Å². The van der Waals surface area contributed by atoms with Crippen molar-refractivity contribution in [3.05, 3.63) is 24.3 Å². The first-order valence-electron chi connectivity index (χ1n) is 9.65. The Hall–Kier alpha value is -1.65. The van der Waals surface area contributed by atoms with Gasteiger partial charge in [0.25, 0.3) is 10.1 Å². The number of amides is 1. The first-order chi connectivity index (χ1) is 14.3. The zero-order valence-corrected chi connectivity index (χ0v) is 20.0. The summed E-state index contributed by atoms with van der Waals surface area (Å²) in [5, 5.41) is 11.1. The van der Waals surface area contributed by atoms with Crippen molar-refractivity contribution in [2.75, 3.05) is 18.6 Å². The van der Waals surface area contributed by atoms with Crippen LogP contribution in [0.15, 0.2) is 34.1 Å². The predicted octanol–water partition coefficient (Wildman–Crippen LogP) is 1.81. The molecule has 2 rings (SSSR count). The van der Waals surface area contributed by atoms with Crippen LogP contribution in [0.3, 0.4) is 0 Å². The van der Waals surface area contributed by atoms with Gasteiger partial charge in [-0.25, -0.2) is 8.42 Å². The smallest absolute Gasteiger partial charge is 0.261 e. The molecule has 3 unspecified atom stereocenters.